The van der Waals surface area contributed by atoms with Gasteiger partial charge in [0.2, 0.25) is 0 Å². The van der Waals surface area contributed by atoms with Gasteiger partial charge < -0.3 is 14.5 Å². The smallest absolute Gasteiger partial charge is 0.416 e. The number of hydrogen-bond acceptors (Lipinski definition) is 6. The maximum Gasteiger partial charge on any atom is 0.416 e. The van der Waals surface area contributed by atoms with Gasteiger partial charge >= 0.3 is 6.18 Å². The first-order valence-electron chi connectivity index (χ1n) is 16.1. The molecule has 2 heterocycles. The second-order valence-corrected chi connectivity index (χ2v) is 12.8. The molecule has 2 saturated heterocycles. The van der Waals surface area contributed by atoms with E-state index in [0.29, 0.717) is 36.2 Å². The monoisotopic (exact) mass is 691 g/mol. The Labute approximate surface area is 284 Å². The van der Waals surface area contributed by atoms with E-state index in [0.717, 1.165) is 49.4 Å². The van der Waals surface area contributed by atoms with Crippen molar-refractivity contribution in [1.82, 2.24) is 25.3 Å². The highest BCUT2D eigenvalue weighted by Gasteiger charge is 2.54. The Morgan fingerprint density at radius 3 is 1.87 bits per heavy atom. The lowest BCUT2D eigenvalue weighted by Crippen LogP contribution is -2.62. The predicted octanol–water partition coefficient (Wildman–Crippen LogP) is 6.73. The summed E-state index contributed by atoms with van der Waals surface area (Å²) in [5.41, 5.74) is -0.482. The topological polar surface area (TPSA) is 60.1 Å². The number of nitrogens with one attached hydrogen (secondary N) is 2. The molecule has 0 aliphatic carbocycles. The van der Waals surface area contributed by atoms with Gasteiger partial charge in [0.05, 0.1) is 24.3 Å². The summed E-state index contributed by atoms with van der Waals surface area (Å²) >= 11 is 12.5. The molecule has 0 bridgehead atoms. The van der Waals surface area contributed by atoms with E-state index < -0.39 is 29.5 Å². The zero-order chi connectivity index (χ0) is 33.8. The molecular formula is C35H42Cl2F3N5O2. The van der Waals surface area contributed by atoms with Crippen LogP contribution in [0.15, 0.2) is 66.7 Å². The van der Waals surface area contributed by atoms with E-state index >= 15 is 0 Å². The molecule has 0 saturated carbocycles. The van der Waals surface area contributed by atoms with Gasteiger partial charge in [-0.15, -0.1) is 0 Å². The first-order chi connectivity index (χ1) is 22.5. The number of benzene rings is 3. The lowest BCUT2D eigenvalue weighted by Gasteiger charge is -2.41. The molecular weight excluding hydrogens is 650 g/mol. The van der Waals surface area contributed by atoms with Gasteiger partial charge in [-0.05, 0) is 67.5 Å². The van der Waals surface area contributed by atoms with Crippen LogP contribution in [0, 0.1) is 0 Å². The van der Waals surface area contributed by atoms with Crippen molar-refractivity contribution in [1.29, 1.82) is 0 Å². The van der Waals surface area contributed by atoms with Gasteiger partial charge in [0, 0.05) is 54.9 Å². The number of piperazine rings is 1. The quantitative estimate of drug-likeness (QED) is 0.233. The normalized spacial score (nSPS) is 22.2. The summed E-state index contributed by atoms with van der Waals surface area (Å²) in [6.45, 7) is 12.3. The molecule has 5 rings (SSSR count). The van der Waals surface area contributed by atoms with Gasteiger partial charge in [-0.25, -0.2) is 0 Å². The number of hydrogen-bond donors (Lipinski definition) is 2. The molecule has 2 aliphatic heterocycles. The van der Waals surface area contributed by atoms with E-state index in [1.165, 1.54) is 6.07 Å². The molecule has 7 nitrogen and oxygen atoms in total. The molecule has 2 unspecified atom stereocenters. The van der Waals surface area contributed by atoms with Gasteiger partial charge in [-0.1, -0.05) is 67.4 Å². The summed E-state index contributed by atoms with van der Waals surface area (Å²) < 4.78 is 47.5. The maximum atomic E-state index is 14.9. The minimum Gasteiger partial charge on any atom is -0.493 e. The minimum absolute atomic E-state index is 0.0138. The molecule has 2 aliphatic rings. The molecule has 3 aromatic rings. The Morgan fingerprint density at radius 2 is 1.40 bits per heavy atom. The molecule has 12 heteroatoms. The fourth-order valence-corrected chi connectivity index (χ4v) is 6.73. The Bertz CT molecular complexity index is 1440. The molecule has 3 aromatic carbocycles. The predicted molar refractivity (Wildman–Crippen MR) is 180 cm³/mol. The number of likely N-dealkylation sites (N-methyl/N-ethyl adjacent to an activating group) is 1. The number of carbonyl (C=O) groups excluding carboxylic acids is 1. The van der Waals surface area contributed by atoms with Crippen molar-refractivity contribution in [3.8, 4) is 5.75 Å². The van der Waals surface area contributed by atoms with Crippen LogP contribution in [0.1, 0.15) is 55.1 Å². The van der Waals surface area contributed by atoms with Crippen LogP contribution in [-0.4, -0.2) is 79.6 Å². The third-order valence-electron chi connectivity index (χ3n) is 9.16. The lowest BCUT2D eigenvalue weighted by atomic mass is 9.94. The van der Waals surface area contributed by atoms with Crippen molar-refractivity contribution in [2.45, 2.75) is 44.7 Å². The van der Waals surface area contributed by atoms with E-state index in [4.69, 9.17) is 27.9 Å². The van der Waals surface area contributed by atoms with Crippen LogP contribution in [-0.2, 0) is 16.6 Å². The highest BCUT2D eigenvalue weighted by molar-refractivity contribution is 6.30. The number of amides is 1. The van der Waals surface area contributed by atoms with Crippen molar-refractivity contribution in [2.75, 3.05) is 59.0 Å². The molecule has 254 valence electrons. The van der Waals surface area contributed by atoms with E-state index in [9.17, 15) is 18.0 Å². The van der Waals surface area contributed by atoms with Crippen molar-refractivity contribution in [3.05, 3.63) is 99.0 Å². The highest BCUT2D eigenvalue weighted by Crippen LogP contribution is 2.46. The molecule has 2 N–H and O–H groups in total. The molecule has 0 aromatic heterocycles. The van der Waals surface area contributed by atoms with Gasteiger partial charge in [0.15, 0.2) is 5.66 Å². The number of alkyl halides is 3. The van der Waals surface area contributed by atoms with E-state index in [2.05, 4.69) is 34.3 Å². The fraction of sp³-hybridized carbons (Fsp3) is 0.457. The Morgan fingerprint density at radius 1 is 0.872 bits per heavy atom. The Kier molecular flexibility index (Phi) is 11.4. The molecule has 0 spiro atoms. The third-order valence-corrected chi connectivity index (χ3v) is 9.66. The van der Waals surface area contributed by atoms with Gasteiger partial charge in [0.25, 0.3) is 5.91 Å². The summed E-state index contributed by atoms with van der Waals surface area (Å²) in [4.78, 5) is 21.5. The van der Waals surface area contributed by atoms with Crippen LogP contribution in [0.25, 0.3) is 0 Å². The summed E-state index contributed by atoms with van der Waals surface area (Å²) in [6, 6.07) is 17.1. The van der Waals surface area contributed by atoms with Gasteiger partial charge in [0.1, 0.15) is 5.75 Å². The fourth-order valence-electron chi connectivity index (χ4n) is 6.48. The SMILES string of the molecule is CCOc1cc(C(F)(F)F)ccc1C1(C(=O)N2CCN(CCN(CC)CC)CC2)NC(c2ccc(Cl)cc2)C(c2ccc(Cl)cc2)N1. The number of nitrogens with zero attached hydrogens (tertiary/aromatic N) is 3. The summed E-state index contributed by atoms with van der Waals surface area (Å²) in [5.74, 6) is -0.294. The molecule has 1 amide bonds. The third kappa shape index (κ3) is 7.90. The minimum atomic E-state index is -4.59. The molecule has 2 fully saturated rings. The van der Waals surface area contributed by atoms with E-state index in [-0.39, 0.29) is 23.8 Å². The highest BCUT2D eigenvalue weighted by atomic mass is 35.5. The average Bonchev–Trinajstić information content (AvgIpc) is 3.47. The van der Waals surface area contributed by atoms with Crippen LogP contribution < -0.4 is 15.4 Å². The molecule has 0 radical (unpaired) electrons. The van der Waals surface area contributed by atoms with Crippen LogP contribution in [0.2, 0.25) is 10.0 Å². The molecule has 2 atom stereocenters. The average molecular weight is 693 g/mol. The number of rotatable bonds is 11. The second-order valence-electron chi connectivity index (χ2n) is 11.9. The summed E-state index contributed by atoms with van der Waals surface area (Å²) in [7, 11) is 0. The Balaban J connectivity index is 1.57. The first-order valence-corrected chi connectivity index (χ1v) is 16.9. The van der Waals surface area contributed by atoms with Crippen LogP contribution in [0.3, 0.4) is 0 Å². The van der Waals surface area contributed by atoms with Gasteiger partial charge in [-0.2, -0.15) is 13.2 Å². The summed E-state index contributed by atoms with van der Waals surface area (Å²) in [6.07, 6.45) is -4.59. The van der Waals surface area contributed by atoms with Crippen molar-refractivity contribution in [3.63, 3.8) is 0 Å². The zero-order valence-corrected chi connectivity index (χ0v) is 28.4. The van der Waals surface area contributed by atoms with Crippen LogP contribution in [0.5, 0.6) is 5.75 Å². The number of halogens is 5. The van der Waals surface area contributed by atoms with Crippen molar-refractivity contribution >= 4 is 29.1 Å². The standard InChI is InChI=1S/C35H42Cl2F3N5O2/c1-4-43(5-2)17-18-44-19-21-45(22-20-44)33(46)34(29-16-11-26(35(38,39)40)23-30(29)47-6-3)41-31(24-7-12-27(36)13-8-24)32(42-34)25-9-14-28(37)15-10-25/h7-16,23,31-32,41-42H,4-6,17-22H2,1-3H3. The largest absolute Gasteiger partial charge is 0.493 e. The van der Waals surface area contributed by atoms with Crippen LogP contribution in [0.4, 0.5) is 13.2 Å². The van der Waals surface area contributed by atoms with Crippen molar-refractivity contribution in [2.24, 2.45) is 0 Å². The van der Waals surface area contributed by atoms with Crippen molar-refractivity contribution < 1.29 is 22.7 Å². The Hall–Kier alpha value is -2.86. The molecule has 47 heavy (non-hydrogen) atoms. The van der Waals surface area contributed by atoms with Gasteiger partial charge in [-0.3, -0.25) is 20.3 Å². The maximum absolute atomic E-state index is 14.9. The number of carbonyl (C=O) groups is 1. The van der Waals surface area contributed by atoms with E-state index in [1.54, 1.807) is 36.1 Å². The van der Waals surface area contributed by atoms with E-state index in [1.807, 2.05) is 24.3 Å². The van der Waals surface area contributed by atoms with Crippen LogP contribution >= 0.6 is 23.2 Å². The second kappa shape index (κ2) is 15.1. The first kappa shape index (κ1) is 35.4. The summed E-state index contributed by atoms with van der Waals surface area (Å²) in [5, 5.41) is 8.28. The number of ether oxygens (including phenoxy) is 1. The zero-order valence-electron chi connectivity index (χ0n) is 26.9. The lowest BCUT2D eigenvalue weighted by molar-refractivity contribution is -0.141.